The Hall–Kier alpha value is -3.71. The molecule has 49 heavy (non-hydrogen) atoms. The van der Waals surface area contributed by atoms with Crippen LogP contribution >= 0.6 is 23.5 Å². The summed E-state index contributed by atoms with van der Waals surface area (Å²) < 4.78 is 46.3. The molecular weight excluding hydrogens is 670 g/mol. The van der Waals surface area contributed by atoms with Crippen LogP contribution in [-0.2, 0) is 20.5 Å². The number of anilines is 3. The van der Waals surface area contributed by atoms with Gasteiger partial charge in [0.25, 0.3) is 0 Å². The number of alkyl halides is 3. The number of fused-ring (bicyclic) bond motifs is 3. The van der Waals surface area contributed by atoms with Gasteiger partial charge in [-0.15, -0.1) is 11.8 Å². The van der Waals surface area contributed by atoms with Crippen LogP contribution < -0.4 is 10.2 Å². The van der Waals surface area contributed by atoms with E-state index in [1.165, 1.54) is 36.5 Å². The average molecular weight is 709 g/mol. The number of carbonyl (C=O) groups is 2. The van der Waals surface area contributed by atoms with Crippen LogP contribution in [0.1, 0.15) is 25.8 Å². The molecule has 2 aliphatic heterocycles. The topological polar surface area (TPSA) is 65.1 Å². The number of rotatable bonds is 11. The van der Waals surface area contributed by atoms with Crippen molar-refractivity contribution in [2.24, 2.45) is 0 Å². The summed E-state index contributed by atoms with van der Waals surface area (Å²) in [7, 11) is 0. The lowest BCUT2D eigenvalue weighted by atomic mass is 10.1. The third kappa shape index (κ3) is 8.54. The van der Waals surface area contributed by atoms with E-state index in [2.05, 4.69) is 15.1 Å². The van der Waals surface area contributed by atoms with Gasteiger partial charge in [0.1, 0.15) is 11.9 Å². The molecule has 1 amide bonds. The highest BCUT2D eigenvalue weighted by Gasteiger charge is 2.33. The molecule has 258 valence electrons. The van der Waals surface area contributed by atoms with E-state index in [1.54, 1.807) is 6.07 Å². The number of para-hydroxylation sites is 1. The van der Waals surface area contributed by atoms with E-state index in [0.29, 0.717) is 25.4 Å². The normalized spacial score (nSPS) is 15.8. The third-order valence-corrected chi connectivity index (χ3v) is 11.0. The monoisotopic (exact) mass is 708 g/mol. The van der Waals surface area contributed by atoms with Gasteiger partial charge in [-0.2, -0.15) is 13.2 Å². The summed E-state index contributed by atoms with van der Waals surface area (Å²) in [6.07, 6.45) is -3.58. The number of nitrogens with zero attached hydrogens (tertiary/aromatic N) is 3. The molecule has 1 unspecified atom stereocenters. The molecule has 0 radical (unpaired) electrons. The van der Waals surface area contributed by atoms with Crippen molar-refractivity contribution in [2.75, 3.05) is 62.6 Å². The van der Waals surface area contributed by atoms with E-state index in [4.69, 9.17) is 4.74 Å². The number of halogens is 3. The van der Waals surface area contributed by atoms with Gasteiger partial charge in [0.15, 0.2) is 0 Å². The number of ether oxygens (including phenoxy) is 1. The van der Waals surface area contributed by atoms with Crippen molar-refractivity contribution < 1.29 is 27.5 Å². The SMILES string of the molecule is CC(=O)Nc1ccc(SC(C)C(=O)OCCN2CCN(CCCN3c4ccccc4Sc4ccc(C(F)(F)F)cc43)CC2)c2ccccc12. The first-order chi connectivity index (χ1) is 23.6. The Balaban J connectivity index is 0.951. The van der Waals surface area contributed by atoms with Crippen molar-refractivity contribution in [3.05, 3.63) is 84.4 Å². The fraction of sp³-hybridized carbons (Fsp3) is 0.351. The Morgan fingerprint density at radius 1 is 0.857 bits per heavy atom. The second kappa shape index (κ2) is 15.5. The minimum atomic E-state index is -4.39. The lowest BCUT2D eigenvalue weighted by molar-refractivity contribution is -0.143. The van der Waals surface area contributed by atoms with Gasteiger partial charge in [0.2, 0.25) is 5.91 Å². The van der Waals surface area contributed by atoms with Crippen LogP contribution in [0, 0.1) is 0 Å². The van der Waals surface area contributed by atoms with Gasteiger partial charge >= 0.3 is 12.1 Å². The van der Waals surface area contributed by atoms with E-state index < -0.39 is 17.0 Å². The summed E-state index contributed by atoms with van der Waals surface area (Å²) in [6.45, 7) is 9.23. The second-order valence-corrected chi connectivity index (χ2v) is 14.7. The lowest BCUT2D eigenvalue weighted by Crippen LogP contribution is -2.47. The standard InChI is InChI=1S/C37H39F3N4O3S2/c1-25(48-33-15-13-30(41-26(2)45)28-8-3-4-9-29(28)33)36(46)47-23-22-43-20-18-42(19-21-43)16-7-17-44-31-10-5-6-11-34(31)49-35-14-12-27(24-32(35)44)37(38,39)40/h3-6,8-15,24-25H,7,16-23H2,1-2H3,(H,41,45). The number of hydrogen-bond acceptors (Lipinski definition) is 8. The Kier molecular flexibility index (Phi) is 11.1. The quantitative estimate of drug-likeness (QED) is 0.124. The van der Waals surface area contributed by atoms with E-state index in [1.807, 2.05) is 72.5 Å². The number of nitrogens with one attached hydrogen (secondary N) is 1. The highest BCUT2D eigenvalue weighted by Crippen LogP contribution is 2.49. The van der Waals surface area contributed by atoms with Crippen LogP contribution in [0.2, 0.25) is 0 Å². The van der Waals surface area contributed by atoms with Gasteiger partial charge in [0.05, 0.1) is 16.9 Å². The number of amides is 1. The van der Waals surface area contributed by atoms with Gasteiger partial charge in [0, 0.05) is 72.0 Å². The highest BCUT2D eigenvalue weighted by atomic mass is 32.2. The third-order valence-electron chi connectivity index (χ3n) is 8.76. The molecule has 12 heteroatoms. The van der Waals surface area contributed by atoms with E-state index in [0.717, 1.165) is 82.0 Å². The lowest BCUT2D eigenvalue weighted by Gasteiger charge is -2.36. The van der Waals surface area contributed by atoms with E-state index in [-0.39, 0.29) is 11.9 Å². The predicted molar refractivity (Wildman–Crippen MR) is 191 cm³/mol. The number of thioether (sulfide) groups is 1. The van der Waals surface area contributed by atoms with Crippen molar-refractivity contribution in [1.29, 1.82) is 0 Å². The van der Waals surface area contributed by atoms with Crippen molar-refractivity contribution in [3.8, 4) is 0 Å². The van der Waals surface area contributed by atoms with Crippen molar-refractivity contribution in [2.45, 2.75) is 46.4 Å². The summed E-state index contributed by atoms with van der Waals surface area (Å²) in [5.41, 5.74) is 1.66. The zero-order valence-corrected chi connectivity index (χ0v) is 29.1. The van der Waals surface area contributed by atoms with E-state index >= 15 is 0 Å². The molecular formula is C37H39F3N4O3S2. The molecule has 6 rings (SSSR count). The largest absolute Gasteiger partial charge is 0.463 e. The fourth-order valence-corrected chi connectivity index (χ4v) is 8.31. The molecule has 1 fully saturated rings. The summed E-state index contributed by atoms with van der Waals surface area (Å²) in [5.74, 6) is -0.400. The number of carbonyl (C=O) groups excluding carboxylic acids is 2. The zero-order chi connectivity index (χ0) is 34.5. The van der Waals surface area contributed by atoms with Crippen LogP contribution in [0.3, 0.4) is 0 Å². The molecule has 1 atom stereocenters. The van der Waals surface area contributed by atoms with Crippen molar-refractivity contribution >= 4 is 63.2 Å². The van der Waals surface area contributed by atoms with E-state index in [9.17, 15) is 22.8 Å². The summed E-state index contributed by atoms with van der Waals surface area (Å²) in [5, 5.41) is 4.36. The minimum absolute atomic E-state index is 0.136. The van der Waals surface area contributed by atoms with Gasteiger partial charge in [-0.1, -0.05) is 48.2 Å². The molecule has 0 saturated carbocycles. The maximum Gasteiger partial charge on any atom is 0.416 e. The molecule has 1 saturated heterocycles. The van der Waals surface area contributed by atoms with Crippen molar-refractivity contribution in [3.63, 3.8) is 0 Å². The molecule has 1 N–H and O–H groups in total. The Bertz CT molecular complexity index is 1810. The Labute approximate surface area is 293 Å². The molecule has 4 aromatic carbocycles. The molecule has 0 aliphatic carbocycles. The number of piperazine rings is 1. The maximum absolute atomic E-state index is 13.6. The molecule has 2 heterocycles. The van der Waals surface area contributed by atoms with Gasteiger partial charge < -0.3 is 19.9 Å². The highest BCUT2D eigenvalue weighted by molar-refractivity contribution is 8.00. The molecule has 0 spiro atoms. The molecule has 0 bridgehead atoms. The van der Waals surface area contributed by atoms with Crippen LogP contribution in [0.25, 0.3) is 10.8 Å². The molecule has 7 nitrogen and oxygen atoms in total. The van der Waals surface area contributed by atoms with Gasteiger partial charge in [-0.3, -0.25) is 14.5 Å². The first kappa shape index (κ1) is 35.1. The van der Waals surface area contributed by atoms with Crippen molar-refractivity contribution in [1.82, 2.24) is 9.80 Å². The minimum Gasteiger partial charge on any atom is -0.463 e. The summed E-state index contributed by atoms with van der Waals surface area (Å²) in [6, 6.07) is 23.5. The summed E-state index contributed by atoms with van der Waals surface area (Å²) in [4.78, 5) is 34.0. The summed E-state index contributed by atoms with van der Waals surface area (Å²) >= 11 is 2.96. The Morgan fingerprint density at radius 3 is 2.27 bits per heavy atom. The van der Waals surface area contributed by atoms with Crippen LogP contribution in [0.5, 0.6) is 0 Å². The molecule has 0 aromatic heterocycles. The predicted octanol–water partition coefficient (Wildman–Crippen LogP) is 8.15. The Morgan fingerprint density at radius 2 is 1.53 bits per heavy atom. The smallest absolute Gasteiger partial charge is 0.416 e. The first-order valence-corrected chi connectivity index (χ1v) is 18.1. The second-order valence-electron chi connectivity index (χ2n) is 12.2. The number of esters is 1. The average Bonchev–Trinajstić information content (AvgIpc) is 3.08. The van der Waals surface area contributed by atoms with Crippen LogP contribution in [0.4, 0.5) is 30.2 Å². The van der Waals surface area contributed by atoms with Crippen LogP contribution in [-0.4, -0.2) is 79.3 Å². The fourth-order valence-electron chi connectivity index (χ4n) is 6.24. The molecule has 2 aliphatic rings. The number of hydrogen-bond donors (Lipinski definition) is 1. The van der Waals surface area contributed by atoms with Crippen LogP contribution in [0.15, 0.2) is 93.5 Å². The number of benzene rings is 4. The molecule has 4 aromatic rings. The maximum atomic E-state index is 13.6. The van der Waals surface area contributed by atoms with Gasteiger partial charge in [-0.05, 0) is 67.7 Å². The zero-order valence-electron chi connectivity index (χ0n) is 27.5. The van der Waals surface area contributed by atoms with Gasteiger partial charge in [-0.25, -0.2) is 0 Å². The first-order valence-electron chi connectivity index (χ1n) is 16.4.